The number of rotatable bonds is 7. The number of carbonyl (C=O) groups is 1. The van der Waals surface area contributed by atoms with Gasteiger partial charge in [0.25, 0.3) is 5.91 Å². The predicted molar refractivity (Wildman–Crippen MR) is 122 cm³/mol. The minimum absolute atomic E-state index is 0.151. The summed E-state index contributed by atoms with van der Waals surface area (Å²) in [6, 6.07) is 23.5. The number of amides is 1. The normalized spacial score (nSPS) is 11.0. The number of hydrogen-bond donors (Lipinski definition) is 1. The maximum atomic E-state index is 12.3. The van der Waals surface area contributed by atoms with Gasteiger partial charge in [0.05, 0.1) is 17.7 Å². The number of carbonyl (C=O) groups excluding carboxylic acids is 1. The van der Waals surface area contributed by atoms with Gasteiger partial charge in [-0.15, -0.1) is 10.2 Å². The second kappa shape index (κ2) is 9.82. The van der Waals surface area contributed by atoms with Crippen molar-refractivity contribution in [2.45, 2.75) is 12.1 Å². The van der Waals surface area contributed by atoms with Crippen LogP contribution in [0.3, 0.4) is 0 Å². The van der Waals surface area contributed by atoms with Gasteiger partial charge in [0.1, 0.15) is 0 Å². The maximum Gasteiger partial charge on any atom is 0.250 e. The summed E-state index contributed by atoms with van der Waals surface area (Å²) in [6.45, 7) is 2.04. The van der Waals surface area contributed by atoms with Crippen LogP contribution in [0.5, 0.6) is 0 Å². The van der Waals surface area contributed by atoms with Crippen LogP contribution < -0.4 is 5.43 Å². The van der Waals surface area contributed by atoms with Gasteiger partial charge in [0.15, 0.2) is 11.0 Å². The molecular formula is C23H20N6OS. The summed E-state index contributed by atoms with van der Waals surface area (Å²) in [5.41, 5.74) is 6.24. The van der Waals surface area contributed by atoms with Gasteiger partial charge in [-0.25, -0.2) is 5.43 Å². The number of hydrazone groups is 1. The molecule has 31 heavy (non-hydrogen) atoms. The van der Waals surface area contributed by atoms with E-state index >= 15 is 0 Å². The monoisotopic (exact) mass is 428 g/mol. The van der Waals surface area contributed by atoms with Crippen LogP contribution in [0.2, 0.25) is 0 Å². The van der Waals surface area contributed by atoms with Crippen LogP contribution in [0.4, 0.5) is 0 Å². The molecule has 0 saturated heterocycles. The van der Waals surface area contributed by atoms with Gasteiger partial charge in [0.2, 0.25) is 0 Å². The third-order valence-electron chi connectivity index (χ3n) is 4.36. The molecule has 0 aliphatic carbocycles. The van der Waals surface area contributed by atoms with Crippen LogP contribution in [-0.2, 0) is 4.79 Å². The van der Waals surface area contributed by atoms with Gasteiger partial charge in [-0.05, 0) is 31.2 Å². The highest BCUT2D eigenvalue weighted by molar-refractivity contribution is 7.99. The molecule has 7 nitrogen and oxygen atoms in total. The Hall–Kier alpha value is -3.78. The van der Waals surface area contributed by atoms with E-state index in [0.29, 0.717) is 10.9 Å². The summed E-state index contributed by atoms with van der Waals surface area (Å²) >= 11 is 1.30. The van der Waals surface area contributed by atoms with Crippen molar-refractivity contribution >= 4 is 23.9 Å². The second-order valence-corrected chi connectivity index (χ2v) is 7.62. The Kier molecular flexibility index (Phi) is 6.49. The number of nitrogens with zero attached hydrogens (tertiary/aromatic N) is 5. The third-order valence-corrected chi connectivity index (χ3v) is 5.29. The van der Waals surface area contributed by atoms with Crippen LogP contribution in [0.15, 0.2) is 89.3 Å². The summed E-state index contributed by atoms with van der Waals surface area (Å²) in [5, 5.41) is 13.3. The molecule has 8 heteroatoms. The van der Waals surface area contributed by atoms with Crippen molar-refractivity contribution in [1.82, 2.24) is 25.2 Å². The van der Waals surface area contributed by atoms with E-state index in [1.807, 2.05) is 78.2 Å². The molecule has 2 aromatic heterocycles. The van der Waals surface area contributed by atoms with Crippen molar-refractivity contribution < 1.29 is 4.79 Å². The summed E-state index contributed by atoms with van der Waals surface area (Å²) in [5.74, 6) is 0.635. The van der Waals surface area contributed by atoms with Crippen LogP contribution in [-0.4, -0.2) is 37.6 Å². The Bertz CT molecular complexity index is 1170. The first-order valence-corrected chi connectivity index (χ1v) is 10.6. The van der Waals surface area contributed by atoms with Gasteiger partial charge in [-0.2, -0.15) is 5.10 Å². The molecule has 2 aromatic carbocycles. The lowest BCUT2D eigenvalue weighted by molar-refractivity contribution is -0.118. The van der Waals surface area contributed by atoms with Crippen molar-refractivity contribution in [3.8, 4) is 17.1 Å². The second-order valence-electron chi connectivity index (χ2n) is 6.68. The lowest BCUT2D eigenvalue weighted by Crippen LogP contribution is -2.20. The largest absolute Gasteiger partial charge is 0.272 e. The molecular weight excluding hydrogens is 408 g/mol. The summed E-state index contributed by atoms with van der Waals surface area (Å²) in [7, 11) is 0. The fourth-order valence-corrected chi connectivity index (χ4v) is 3.59. The van der Waals surface area contributed by atoms with Crippen LogP contribution in [0.1, 0.15) is 11.3 Å². The van der Waals surface area contributed by atoms with Gasteiger partial charge in [0, 0.05) is 17.4 Å². The zero-order chi connectivity index (χ0) is 21.5. The molecule has 0 aliphatic rings. The highest BCUT2D eigenvalue weighted by Crippen LogP contribution is 2.28. The molecule has 0 bridgehead atoms. The minimum Gasteiger partial charge on any atom is -0.272 e. The lowest BCUT2D eigenvalue weighted by atomic mass is 10.2. The minimum atomic E-state index is -0.239. The topological polar surface area (TPSA) is 85.1 Å². The number of nitrogens with one attached hydrogen (secondary N) is 1. The summed E-state index contributed by atoms with van der Waals surface area (Å²) in [6.07, 6.45) is 3.17. The highest BCUT2D eigenvalue weighted by atomic mass is 32.2. The van der Waals surface area contributed by atoms with Crippen LogP contribution in [0.25, 0.3) is 17.1 Å². The molecule has 0 aliphatic heterocycles. The number of aromatic nitrogens is 4. The fraction of sp³-hybridized carbons (Fsp3) is 0.0870. The number of benzene rings is 2. The Morgan fingerprint density at radius 1 is 1.03 bits per heavy atom. The summed E-state index contributed by atoms with van der Waals surface area (Å²) < 4.78 is 1.96. The van der Waals surface area contributed by atoms with Gasteiger partial charge < -0.3 is 0 Å². The standard InChI is InChI=1S/C23H20N6OS/c1-17-10-12-20(13-11-17)29-22(18-7-3-2-4-8-18)27-28-23(29)31-16-21(30)26-25-15-19-9-5-6-14-24-19/h2-15H,16H2,1H3,(H,26,30)/b25-15-. The van der Waals surface area contributed by atoms with E-state index in [1.54, 1.807) is 12.3 Å². The molecule has 4 aromatic rings. The van der Waals surface area contributed by atoms with Gasteiger partial charge in [-0.1, -0.05) is 65.9 Å². The first-order valence-electron chi connectivity index (χ1n) is 9.64. The van der Waals surface area contributed by atoms with E-state index in [9.17, 15) is 4.79 Å². The van der Waals surface area contributed by atoms with Crippen molar-refractivity contribution in [2.24, 2.45) is 5.10 Å². The number of thioether (sulfide) groups is 1. The molecule has 0 radical (unpaired) electrons. The van der Waals surface area contributed by atoms with E-state index in [2.05, 4.69) is 25.7 Å². The Labute approximate surface area is 184 Å². The zero-order valence-corrected chi connectivity index (χ0v) is 17.7. The average Bonchev–Trinajstić information content (AvgIpc) is 3.23. The molecule has 1 amide bonds. The number of pyridine rings is 1. The van der Waals surface area contributed by atoms with Gasteiger partial charge >= 0.3 is 0 Å². The third kappa shape index (κ3) is 5.23. The first-order chi connectivity index (χ1) is 15.2. The quantitative estimate of drug-likeness (QED) is 0.274. The van der Waals surface area contributed by atoms with Crippen molar-refractivity contribution in [3.63, 3.8) is 0 Å². The zero-order valence-electron chi connectivity index (χ0n) is 16.8. The SMILES string of the molecule is Cc1ccc(-n2c(SCC(=O)N/N=C\c3ccccn3)nnc2-c2ccccc2)cc1. The van der Waals surface area contributed by atoms with E-state index in [-0.39, 0.29) is 11.7 Å². The lowest BCUT2D eigenvalue weighted by Gasteiger charge is -2.10. The van der Waals surface area contributed by atoms with Crippen molar-refractivity contribution in [2.75, 3.05) is 5.75 Å². The predicted octanol–water partition coefficient (Wildman–Crippen LogP) is 3.88. The smallest absolute Gasteiger partial charge is 0.250 e. The molecule has 4 rings (SSSR count). The highest BCUT2D eigenvalue weighted by Gasteiger charge is 2.17. The Morgan fingerprint density at radius 3 is 2.55 bits per heavy atom. The van der Waals surface area contributed by atoms with Gasteiger partial charge in [-0.3, -0.25) is 14.3 Å². The molecule has 0 fully saturated rings. The van der Waals surface area contributed by atoms with E-state index < -0.39 is 0 Å². The van der Waals surface area contributed by atoms with Crippen LogP contribution in [0, 0.1) is 6.92 Å². The molecule has 0 saturated carbocycles. The first kappa shape index (κ1) is 20.5. The van der Waals surface area contributed by atoms with E-state index in [0.717, 1.165) is 22.6 Å². The molecule has 154 valence electrons. The molecule has 0 spiro atoms. The van der Waals surface area contributed by atoms with E-state index in [4.69, 9.17) is 0 Å². The maximum absolute atomic E-state index is 12.3. The van der Waals surface area contributed by atoms with Crippen molar-refractivity contribution in [1.29, 1.82) is 0 Å². The molecule has 1 N–H and O–H groups in total. The summed E-state index contributed by atoms with van der Waals surface area (Å²) in [4.78, 5) is 16.4. The van der Waals surface area contributed by atoms with Crippen molar-refractivity contribution in [3.05, 3.63) is 90.3 Å². The Morgan fingerprint density at radius 2 is 1.81 bits per heavy atom. The fourth-order valence-electron chi connectivity index (χ4n) is 2.85. The van der Waals surface area contributed by atoms with Crippen LogP contribution >= 0.6 is 11.8 Å². The molecule has 0 unspecified atom stereocenters. The van der Waals surface area contributed by atoms with E-state index in [1.165, 1.54) is 18.0 Å². The number of aryl methyl sites for hydroxylation is 1. The molecule has 0 atom stereocenters. The molecule has 2 heterocycles. The number of hydrogen-bond acceptors (Lipinski definition) is 6. The average molecular weight is 429 g/mol. The Balaban J connectivity index is 1.51.